The van der Waals surface area contributed by atoms with Crippen LogP contribution in [0.25, 0.3) is 10.8 Å². The van der Waals surface area contributed by atoms with Crippen molar-refractivity contribution in [3.8, 4) is 0 Å². The highest BCUT2D eigenvalue weighted by atomic mass is 35.5. The Hall–Kier alpha value is -1.08. The molecular formula is C14H16ClN. The van der Waals surface area contributed by atoms with Crippen molar-refractivity contribution >= 4 is 22.4 Å². The van der Waals surface area contributed by atoms with Crippen molar-refractivity contribution in [3.05, 3.63) is 42.2 Å². The van der Waals surface area contributed by atoms with E-state index in [4.69, 9.17) is 11.6 Å². The molecule has 1 aromatic carbocycles. The molecule has 1 aromatic heterocycles. The average molecular weight is 234 g/mol. The molecule has 2 heteroatoms. The third-order valence-corrected chi connectivity index (χ3v) is 3.47. The molecule has 0 saturated carbocycles. The largest absolute Gasteiger partial charge is 0.264 e. The van der Waals surface area contributed by atoms with Crippen LogP contribution in [0, 0.1) is 0 Å². The topological polar surface area (TPSA) is 12.9 Å². The molecule has 16 heavy (non-hydrogen) atoms. The van der Waals surface area contributed by atoms with Crippen molar-refractivity contribution in [1.29, 1.82) is 0 Å². The summed E-state index contributed by atoms with van der Waals surface area (Å²) in [7, 11) is 0. The molecular weight excluding hydrogens is 218 g/mol. The maximum atomic E-state index is 6.15. The lowest BCUT2D eigenvalue weighted by Crippen LogP contribution is -1.99. The van der Waals surface area contributed by atoms with Gasteiger partial charge in [-0.05, 0) is 36.3 Å². The van der Waals surface area contributed by atoms with Crippen molar-refractivity contribution in [3.63, 3.8) is 0 Å². The van der Waals surface area contributed by atoms with E-state index in [0.29, 0.717) is 0 Å². The number of halogens is 1. The van der Waals surface area contributed by atoms with E-state index in [1.165, 1.54) is 16.3 Å². The Kier molecular flexibility index (Phi) is 3.79. The number of alkyl halides is 1. The van der Waals surface area contributed by atoms with E-state index < -0.39 is 0 Å². The van der Waals surface area contributed by atoms with Gasteiger partial charge < -0.3 is 0 Å². The highest BCUT2D eigenvalue weighted by Gasteiger charge is 2.04. The SMILES string of the molecule is CCC(Cl)CCc1cccc2ccncc12. The summed E-state index contributed by atoms with van der Waals surface area (Å²) < 4.78 is 0. The second-order valence-electron chi connectivity index (χ2n) is 4.06. The Balaban J connectivity index is 2.23. The molecule has 2 aromatic rings. The Labute approximate surface area is 101 Å². The zero-order chi connectivity index (χ0) is 11.4. The first-order valence-electron chi connectivity index (χ1n) is 5.77. The van der Waals surface area contributed by atoms with Gasteiger partial charge in [-0.25, -0.2) is 0 Å². The molecule has 1 heterocycles. The predicted octanol–water partition coefficient (Wildman–Crippen LogP) is 4.18. The molecule has 0 fully saturated rings. The molecule has 1 nitrogen and oxygen atoms in total. The van der Waals surface area contributed by atoms with Crippen LogP contribution in [-0.2, 0) is 6.42 Å². The second kappa shape index (κ2) is 5.31. The van der Waals surface area contributed by atoms with E-state index in [-0.39, 0.29) is 5.38 Å². The molecule has 0 N–H and O–H groups in total. The van der Waals surface area contributed by atoms with Crippen LogP contribution < -0.4 is 0 Å². The first-order valence-corrected chi connectivity index (χ1v) is 6.20. The minimum absolute atomic E-state index is 0.284. The highest BCUT2D eigenvalue weighted by molar-refractivity contribution is 6.20. The molecule has 0 radical (unpaired) electrons. The predicted molar refractivity (Wildman–Crippen MR) is 70.0 cm³/mol. The normalized spacial score (nSPS) is 12.9. The first-order chi connectivity index (χ1) is 7.81. The minimum Gasteiger partial charge on any atom is -0.264 e. The van der Waals surface area contributed by atoms with Gasteiger partial charge in [-0.2, -0.15) is 0 Å². The first kappa shape index (κ1) is 11.4. The van der Waals surface area contributed by atoms with E-state index in [9.17, 15) is 0 Å². The fourth-order valence-electron chi connectivity index (χ4n) is 1.91. The summed E-state index contributed by atoms with van der Waals surface area (Å²) in [6, 6.07) is 8.45. The summed E-state index contributed by atoms with van der Waals surface area (Å²) in [4.78, 5) is 4.19. The van der Waals surface area contributed by atoms with Gasteiger partial charge in [0.2, 0.25) is 0 Å². The van der Waals surface area contributed by atoms with E-state index in [1.54, 1.807) is 0 Å². The van der Waals surface area contributed by atoms with Crippen molar-refractivity contribution in [2.45, 2.75) is 31.6 Å². The van der Waals surface area contributed by atoms with E-state index in [0.717, 1.165) is 19.3 Å². The number of nitrogens with zero attached hydrogens (tertiary/aromatic N) is 1. The third kappa shape index (κ3) is 2.53. The van der Waals surface area contributed by atoms with Gasteiger partial charge in [0.1, 0.15) is 0 Å². The van der Waals surface area contributed by atoms with Crippen LogP contribution in [0.15, 0.2) is 36.7 Å². The quantitative estimate of drug-likeness (QED) is 0.722. The van der Waals surface area contributed by atoms with Crippen molar-refractivity contribution in [2.24, 2.45) is 0 Å². The van der Waals surface area contributed by atoms with Crippen LogP contribution in [-0.4, -0.2) is 10.4 Å². The average Bonchev–Trinajstić information content (AvgIpc) is 2.35. The maximum Gasteiger partial charge on any atom is 0.0349 e. The molecule has 0 aliphatic rings. The molecule has 84 valence electrons. The van der Waals surface area contributed by atoms with Crippen molar-refractivity contribution in [1.82, 2.24) is 4.98 Å². The molecule has 0 aliphatic carbocycles. The summed E-state index contributed by atoms with van der Waals surface area (Å²) in [5.74, 6) is 0. The van der Waals surface area contributed by atoms with Gasteiger partial charge in [-0.3, -0.25) is 4.98 Å². The summed E-state index contributed by atoms with van der Waals surface area (Å²) in [5, 5.41) is 2.80. The lowest BCUT2D eigenvalue weighted by Gasteiger charge is -2.08. The van der Waals surface area contributed by atoms with Crippen LogP contribution >= 0.6 is 11.6 Å². The summed E-state index contributed by atoms with van der Waals surface area (Å²) in [5.41, 5.74) is 1.35. The Morgan fingerprint density at radius 1 is 1.31 bits per heavy atom. The highest BCUT2D eigenvalue weighted by Crippen LogP contribution is 2.20. The monoisotopic (exact) mass is 233 g/mol. The second-order valence-corrected chi connectivity index (χ2v) is 4.68. The van der Waals surface area contributed by atoms with Gasteiger partial charge in [-0.15, -0.1) is 11.6 Å². The number of benzene rings is 1. The van der Waals surface area contributed by atoms with Gasteiger partial charge in [-0.1, -0.05) is 25.1 Å². The number of aryl methyl sites for hydroxylation is 1. The summed E-state index contributed by atoms with van der Waals surface area (Å²) in [6.45, 7) is 2.13. The Morgan fingerprint density at radius 3 is 3.00 bits per heavy atom. The molecule has 0 spiro atoms. The Bertz CT molecular complexity index is 462. The molecule has 1 atom stereocenters. The van der Waals surface area contributed by atoms with Crippen LogP contribution in [0.5, 0.6) is 0 Å². The lowest BCUT2D eigenvalue weighted by atomic mass is 10.0. The van der Waals surface area contributed by atoms with Gasteiger partial charge in [0.05, 0.1) is 0 Å². The van der Waals surface area contributed by atoms with Gasteiger partial charge in [0, 0.05) is 23.2 Å². The maximum absolute atomic E-state index is 6.15. The number of pyridine rings is 1. The van der Waals surface area contributed by atoms with E-state index in [1.807, 2.05) is 12.4 Å². The number of hydrogen-bond donors (Lipinski definition) is 0. The summed E-state index contributed by atoms with van der Waals surface area (Å²) in [6.07, 6.45) is 6.88. The number of fused-ring (bicyclic) bond motifs is 1. The lowest BCUT2D eigenvalue weighted by molar-refractivity contribution is 0.729. The Morgan fingerprint density at radius 2 is 2.19 bits per heavy atom. The zero-order valence-corrected chi connectivity index (χ0v) is 10.2. The fraction of sp³-hybridized carbons (Fsp3) is 0.357. The molecule has 0 bridgehead atoms. The molecule has 0 saturated heterocycles. The minimum atomic E-state index is 0.284. The van der Waals surface area contributed by atoms with Crippen LogP contribution in [0.3, 0.4) is 0 Å². The standard InChI is InChI=1S/C14H16ClN/c1-2-13(15)7-6-11-4-3-5-12-8-9-16-10-14(11)12/h3-5,8-10,13H,2,6-7H2,1H3. The molecule has 1 unspecified atom stereocenters. The zero-order valence-electron chi connectivity index (χ0n) is 9.49. The smallest absolute Gasteiger partial charge is 0.0349 e. The van der Waals surface area contributed by atoms with Crippen molar-refractivity contribution < 1.29 is 0 Å². The molecule has 0 aliphatic heterocycles. The van der Waals surface area contributed by atoms with Crippen LogP contribution in [0.1, 0.15) is 25.3 Å². The number of rotatable bonds is 4. The van der Waals surface area contributed by atoms with Crippen molar-refractivity contribution in [2.75, 3.05) is 0 Å². The molecule has 2 rings (SSSR count). The van der Waals surface area contributed by atoms with Gasteiger partial charge in [0.15, 0.2) is 0 Å². The van der Waals surface area contributed by atoms with Gasteiger partial charge in [0.25, 0.3) is 0 Å². The van der Waals surface area contributed by atoms with Crippen LogP contribution in [0.4, 0.5) is 0 Å². The number of aromatic nitrogens is 1. The summed E-state index contributed by atoms with van der Waals surface area (Å²) >= 11 is 6.15. The fourth-order valence-corrected chi connectivity index (χ4v) is 2.02. The van der Waals surface area contributed by atoms with E-state index >= 15 is 0 Å². The number of hydrogen-bond acceptors (Lipinski definition) is 1. The van der Waals surface area contributed by atoms with E-state index in [2.05, 4.69) is 36.2 Å². The molecule has 0 amide bonds. The van der Waals surface area contributed by atoms with Gasteiger partial charge >= 0.3 is 0 Å². The third-order valence-electron chi connectivity index (χ3n) is 2.94. The van der Waals surface area contributed by atoms with Crippen LogP contribution in [0.2, 0.25) is 0 Å².